The molecule has 0 amide bonds. The Morgan fingerprint density at radius 1 is 1.39 bits per heavy atom. The van der Waals surface area contributed by atoms with Gasteiger partial charge in [-0.3, -0.25) is 4.79 Å². The lowest BCUT2D eigenvalue weighted by atomic mass is 9.75. The molecule has 106 valence electrons. The van der Waals surface area contributed by atoms with Crippen molar-refractivity contribution in [2.24, 2.45) is 17.1 Å². The first kappa shape index (κ1) is 15.4. The van der Waals surface area contributed by atoms with Crippen molar-refractivity contribution in [3.05, 3.63) is 0 Å². The Kier molecular flexibility index (Phi) is 5.60. The monoisotopic (exact) mass is 256 g/mol. The number of ether oxygens (including phenoxy) is 1. The predicted molar refractivity (Wildman–Crippen MR) is 73.2 cm³/mol. The summed E-state index contributed by atoms with van der Waals surface area (Å²) in [6, 6.07) is -0.504. The largest absolute Gasteiger partial charge is 0.465 e. The third-order valence-electron chi connectivity index (χ3n) is 3.86. The number of hydrogen-bond acceptors (Lipinski definition) is 4. The summed E-state index contributed by atoms with van der Waals surface area (Å²) >= 11 is 0. The Labute approximate surface area is 111 Å². The van der Waals surface area contributed by atoms with Gasteiger partial charge < -0.3 is 15.4 Å². The average molecular weight is 256 g/mol. The fourth-order valence-electron chi connectivity index (χ4n) is 2.58. The number of piperidine rings is 1. The third-order valence-corrected chi connectivity index (χ3v) is 3.86. The topological polar surface area (TPSA) is 55.6 Å². The predicted octanol–water partition coefficient (Wildman–Crippen LogP) is 1.63. The molecule has 1 heterocycles. The number of hydrogen-bond donors (Lipinski definition) is 1. The summed E-state index contributed by atoms with van der Waals surface area (Å²) in [6.45, 7) is 11.8. The van der Waals surface area contributed by atoms with Crippen LogP contribution in [0, 0.1) is 11.3 Å². The molecule has 1 fully saturated rings. The number of esters is 1. The van der Waals surface area contributed by atoms with Gasteiger partial charge in [0.05, 0.1) is 6.61 Å². The van der Waals surface area contributed by atoms with E-state index in [4.69, 9.17) is 10.5 Å². The van der Waals surface area contributed by atoms with Gasteiger partial charge in [0, 0.05) is 6.54 Å². The Morgan fingerprint density at radius 2 is 1.94 bits per heavy atom. The lowest BCUT2D eigenvalue weighted by Crippen LogP contribution is -2.47. The minimum absolute atomic E-state index is 0.282. The van der Waals surface area contributed by atoms with Gasteiger partial charge in [-0.1, -0.05) is 20.8 Å². The first-order valence-corrected chi connectivity index (χ1v) is 6.99. The quantitative estimate of drug-likeness (QED) is 0.777. The van der Waals surface area contributed by atoms with Crippen molar-refractivity contribution in [2.75, 3.05) is 26.2 Å². The highest BCUT2D eigenvalue weighted by Crippen LogP contribution is 2.34. The van der Waals surface area contributed by atoms with Crippen molar-refractivity contribution < 1.29 is 9.53 Å². The molecule has 0 spiro atoms. The zero-order valence-electron chi connectivity index (χ0n) is 12.2. The average Bonchev–Trinajstić information content (AvgIpc) is 2.28. The third kappa shape index (κ3) is 4.58. The molecule has 1 aliphatic heterocycles. The standard InChI is InChI=1S/C14H28N2O2/c1-5-18-13(17)12(15)10-16-8-6-11(7-9-16)14(2,3)4/h11-12H,5-10,15H2,1-4H3. The number of nitrogens with two attached hydrogens (primary N) is 1. The van der Waals surface area contributed by atoms with E-state index in [-0.39, 0.29) is 5.97 Å². The molecule has 1 unspecified atom stereocenters. The lowest BCUT2D eigenvalue weighted by Gasteiger charge is -2.39. The van der Waals surface area contributed by atoms with Crippen LogP contribution >= 0.6 is 0 Å². The molecular formula is C14H28N2O2. The Balaban J connectivity index is 2.33. The fraction of sp³-hybridized carbons (Fsp3) is 0.929. The molecule has 1 aliphatic rings. The second-order valence-corrected chi connectivity index (χ2v) is 6.30. The Morgan fingerprint density at radius 3 is 2.39 bits per heavy atom. The van der Waals surface area contributed by atoms with Crippen molar-refractivity contribution in [3.63, 3.8) is 0 Å². The van der Waals surface area contributed by atoms with Crippen LogP contribution in [0.25, 0.3) is 0 Å². The normalized spacial score (nSPS) is 20.7. The minimum Gasteiger partial charge on any atom is -0.465 e. The van der Waals surface area contributed by atoms with Crippen LogP contribution in [0.5, 0.6) is 0 Å². The second kappa shape index (κ2) is 6.53. The van der Waals surface area contributed by atoms with Gasteiger partial charge in [-0.15, -0.1) is 0 Å². The summed E-state index contributed by atoms with van der Waals surface area (Å²) in [7, 11) is 0. The molecule has 18 heavy (non-hydrogen) atoms. The van der Waals surface area contributed by atoms with E-state index in [2.05, 4.69) is 25.7 Å². The molecule has 0 aliphatic carbocycles. The van der Waals surface area contributed by atoms with Crippen LogP contribution in [0.4, 0.5) is 0 Å². The van der Waals surface area contributed by atoms with Crippen molar-refractivity contribution >= 4 is 5.97 Å². The Bertz CT molecular complexity index is 265. The first-order valence-electron chi connectivity index (χ1n) is 6.99. The van der Waals surface area contributed by atoms with E-state index in [0.29, 0.717) is 18.6 Å². The van der Waals surface area contributed by atoms with Gasteiger partial charge in [0.2, 0.25) is 0 Å². The molecule has 0 aromatic heterocycles. The molecule has 2 N–H and O–H groups in total. The summed E-state index contributed by atoms with van der Waals surface area (Å²) < 4.78 is 4.93. The minimum atomic E-state index is -0.504. The van der Waals surface area contributed by atoms with Crippen molar-refractivity contribution in [3.8, 4) is 0 Å². The Hall–Kier alpha value is -0.610. The van der Waals surface area contributed by atoms with Gasteiger partial charge in [-0.05, 0) is 44.2 Å². The van der Waals surface area contributed by atoms with Crippen LogP contribution in [0.1, 0.15) is 40.5 Å². The van der Waals surface area contributed by atoms with Crippen LogP contribution in [-0.2, 0) is 9.53 Å². The highest BCUT2D eigenvalue weighted by Gasteiger charge is 2.30. The zero-order chi connectivity index (χ0) is 13.8. The van der Waals surface area contributed by atoms with Gasteiger partial charge in [0.25, 0.3) is 0 Å². The van der Waals surface area contributed by atoms with Crippen LogP contribution in [0.2, 0.25) is 0 Å². The van der Waals surface area contributed by atoms with E-state index >= 15 is 0 Å². The van der Waals surface area contributed by atoms with E-state index in [0.717, 1.165) is 19.0 Å². The molecule has 0 aromatic carbocycles. The highest BCUT2D eigenvalue weighted by atomic mass is 16.5. The molecule has 4 nitrogen and oxygen atoms in total. The molecule has 0 radical (unpaired) electrons. The van der Waals surface area contributed by atoms with E-state index in [9.17, 15) is 4.79 Å². The van der Waals surface area contributed by atoms with Crippen molar-refractivity contribution in [1.82, 2.24) is 4.90 Å². The second-order valence-electron chi connectivity index (χ2n) is 6.30. The summed E-state index contributed by atoms with van der Waals surface area (Å²) in [5.74, 6) is 0.489. The van der Waals surface area contributed by atoms with E-state index in [1.807, 2.05) is 0 Å². The van der Waals surface area contributed by atoms with Crippen LogP contribution < -0.4 is 5.73 Å². The van der Waals surface area contributed by atoms with E-state index in [1.165, 1.54) is 12.8 Å². The molecule has 1 rings (SSSR count). The van der Waals surface area contributed by atoms with Crippen LogP contribution in [0.3, 0.4) is 0 Å². The molecule has 1 saturated heterocycles. The molecule has 0 bridgehead atoms. The SMILES string of the molecule is CCOC(=O)C(N)CN1CCC(C(C)(C)C)CC1. The van der Waals surface area contributed by atoms with Gasteiger partial charge in [0.15, 0.2) is 0 Å². The van der Waals surface area contributed by atoms with Crippen molar-refractivity contribution in [1.29, 1.82) is 0 Å². The maximum absolute atomic E-state index is 11.5. The summed E-state index contributed by atoms with van der Waals surface area (Å²) in [6.07, 6.45) is 2.39. The van der Waals surface area contributed by atoms with E-state index in [1.54, 1.807) is 6.92 Å². The lowest BCUT2D eigenvalue weighted by molar-refractivity contribution is -0.145. The molecule has 4 heteroatoms. The maximum atomic E-state index is 11.5. The number of carbonyl (C=O) groups is 1. The molecule has 1 atom stereocenters. The maximum Gasteiger partial charge on any atom is 0.324 e. The molecular weight excluding hydrogens is 228 g/mol. The number of likely N-dealkylation sites (tertiary alicyclic amines) is 1. The smallest absolute Gasteiger partial charge is 0.324 e. The van der Waals surface area contributed by atoms with Gasteiger partial charge >= 0.3 is 5.97 Å². The summed E-state index contributed by atoms with van der Waals surface area (Å²) in [5, 5.41) is 0. The fourth-order valence-corrected chi connectivity index (χ4v) is 2.58. The zero-order valence-corrected chi connectivity index (χ0v) is 12.2. The van der Waals surface area contributed by atoms with Gasteiger partial charge in [0.1, 0.15) is 6.04 Å². The van der Waals surface area contributed by atoms with Crippen molar-refractivity contribution in [2.45, 2.75) is 46.6 Å². The molecule has 0 saturated carbocycles. The summed E-state index contributed by atoms with van der Waals surface area (Å²) in [4.78, 5) is 13.7. The van der Waals surface area contributed by atoms with Gasteiger partial charge in [-0.2, -0.15) is 0 Å². The first-order chi connectivity index (χ1) is 8.34. The van der Waals surface area contributed by atoms with Crippen LogP contribution in [-0.4, -0.2) is 43.2 Å². The van der Waals surface area contributed by atoms with E-state index < -0.39 is 6.04 Å². The molecule has 0 aromatic rings. The van der Waals surface area contributed by atoms with Crippen LogP contribution in [0.15, 0.2) is 0 Å². The number of rotatable bonds is 4. The number of carbonyl (C=O) groups excluding carboxylic acids is 1. The summed E-state index contributed by atoms with van der Waals surface area (Å²) in [5.41, 5.74) is 6.22. The highest BCUT2D eigenvalue weighted by molar-refractivity contribution is 5.75. The number of nitrogens with zero attached hydrogens (tertiary/aromatic N) is 1. The van der Waals surface area contributed by atoms with Gasteiger partial charge in [-0.25, -0.2) is 0 Å².